The zero-order chi connectivity index (χ0) is 20.4. The predicted octanol–water partition coefficient (Wildman–Crippen LogP) is 6.28. The largest absolute Gasteiger partial charge is 0.368 e. The van der Waals surface area contributed by atoms with Crippen LogP contribution in [-0.2, 0) is 4.74 Å². The number of hydrogen-bond donors (Lipinski definition) is 0. The van der Waals surface area contributed by atoms with Crippen molar-refractivity contribution in [2.24, 2.45) is 0 Å². The highest BCUT2D eigenvalue weighted by Gasteiger charge is 2.27. The van der Waals surface area contributed by atoms with Gasteiger partial charge < -0.3 is 4.74 Å². The minimum Gasteiger partial charge on any atom is -0.368 e. The third kappa shape index (κ3) is 4.11. The molecule has 4 heteroatoms. The molecule has 0 bridgehead atoms. The fourth-order valence-corrected chi connectivity index (χ4v) is 3.05. The monoisotopic (exact) mass is 390 g/mol. The van der Waals surface area contributed by atoms with Gasteiger partial charge in [-0.05, 0) is 42.3 Å². The summed E-state index contributed by atoms with van der Waals surface area (Å²) in [7, 11) is 0. The molecule has 4 rings (SSSR count). The third-order valence-electron chi connectivity index (χ3n) is 4.70. The van der Waals surface area contributed by atoms with Crippen LogP contribution in [0.4, 0.5) is 13.2 Å². The topological polar surface area (TPSA) is 12.5 Å². The highest BCUT2D eigenvalue weighted by atomic mass is 19.2. The van der Waals surface area contributed by atoms with Gasteiger partial charge in [0.05, 0.1) is 12.2 Å². The molecule has 0 saturated carbocycles. The number of ether oxygens (including phenoxy) is 1. The van der Waals surface area contributed by atoms with E-state index < -0.39 is 11.6 Å². The quantitative estimate of drug-likeness (QED) is 0.379. The van der Waals surface area contributed by atoms with E-state index in [9.17, 15) is 13.2 Å². The Balaban J connectivity index is 1.55. The number of halogens is 3. The summed E-state index contributed by atoms with van der Waals surface area (Å²) in [5.41, 5.74) is 3.00. The summed E-state index contributed by atoms with van der Waals surface area (Å²) >= 11 is 0. The van der Waals surface area contributed by atoms with Crippen LogP contribution in [-0.4, -0.2) is 6.61 Å². The Labute approximate surface area is 167 Å². The molecule has 1 nitrogen and oxygen atoms in total. The maximum absolute atomic E-state index is 14.2. The first-order valence-corrected chi connectivity index (χ1v) is 9.21. The van der Waals surface area contributed by atoms with E-state index in [0.717, 1.165) is 11.1 Å². The molecule has 3 aromatic rings. The van der Waals surface area contributed by atoms with Crippen LogP contribution in [0.5, 0.6) is 0 Å². The summed E-state index contributed by atoms with van der Waals surface area (Å²) in [5, 5.41) is 0. The minimum atomic E-state index is -0.958. The van der Waals surface area contributed by atoms with Crippen molar-refractivity contribution in [2.45, 2.75) is 13.0 Å². The number of benzene rings is 3. The van der Waals surface area contributed by atoms with Crippen LogP contribution >= 0.6 is 0 Å². The van der Waals surface area contributed by atoms with Gasteiger partial charge in [-0.1, -0.05) is 54.3 Å². The highest BCUT2D eigenvalue weighted by Crippen LogP contribution is 2.33. The number of epoxide rings is 1. The SMILES string of the molecule is C/C=C/c1ccc(C#Cc2ccc(-c3ccc(C4CO4)c(F)c3)cc2)c(F)c1F. The number of allylic oxidation sites excluding steroid dienone is 1. The van der Waals surface area contributed by atoms with E-state index in [4.69, 9.17) is 4.74 Å². The maximum atomic E-state index is 14.2. The van der Waals surface area contributed by atoms with Crippen LogP contribution in [0.1, 0.15) is 35.3 Å². The molecule has 0 aliphatic carbocycles. The first-order valence-electron chi connectivity index (χ1n) is 9.21. The van der Waals surface area contributed by atoms with E-state index in [1.54, 1.807) is 31.2 Å². The van der Waals surface area contributed by atoms with Gasteiger partial charge >= 0.3 is 0 Å². The van der Waals surface area contributed by atoms with Crippen LogP contribution in [0.2, 0.25) is 0 Å². The molecule has 29 heavy (non-hydrogen) atoms. The smallest absolute Gasteiger partial charge is 0.175 e. The molecule has 0 radical (unpaired) electrons. The zero-order valence-corrected chi connectivity index (χ0v) is 15.7. The minimum absolute atomic E-state index is 0.000200. The summed E-state index contributed by atoms with van der Waals surface area (Å²) in [6, 6.07) is 15.2. The zero-order valence-electron chi connectivity index (χ0n) is 15.7. The molecule has 1 aliphatic rings. The van der Waals surface area contributed by atoms with Crippen LogP contribution in [0.3, 0.4) is 0 Å². The molecule has 1 atom stereocenters. The normalized spacial score (nSPS) is 15.2. The predicted molar refractivity (Wildman–Crippen MR) is 108 cm³/mol. The molecule has 0 amide bonds. The van der Waals surface area contributed by atoms with Crippen molar-refractivity contribution in [3.05, 3.63) is 100 Å². The molecule has 1 aliphatic heterocycles. The first kappa shape index (κ1) is 19.0. The van der Waals surface area contributed by atoms with Gasteiger partial charge in [0.2, 0.25) is 0 Å². The summed E-state index contributed by atoms with van der Waals surface area (Å²) in [6.07, 6.45) is 3.02. The van der Waals surface area contributed by atoms with Gasteiger partial charge in [0.1, 0.15) is 11.9 Å². The molecule has 1 fully saturated rings. The van der Waals surface area contributed by atoms with Crippen LogP contribution in [0.15, 0.2) is 60.7 Å². The molecule has 3 aromatic carbocycles. The van der Waals surface area contributed by atoms with Gasteiger partial charge in [0.15, 0.2) is 11.6 Å². The van der Waals surface area contributed by atoms with E-state index in [0.29, 0.717) is 17.7 Å². The lowest BCUT2D eigenvalue weighted by Gasteiger charge is -2.05. The van der Waals surface area contributed by atoms with Crippen LogP contribution < -0.4 is 0 Å². The van der Waals surface area contributed by atoms with E-state index in [1.165, 1.54) is 24.3 Å². The summed E-state index contributed by atoms with van der Waals surface area (Å²) in [5.74, 6) is 3.36. The average molecular weight is 390 g/mol. The van der Waals surface area contributed by atoms with Crippen molar-refractivity contribution in [2.75, 3.05) is 6.61 Å². The van der Waals surface area contributed by atoms with Gasteiger partial charge in [-0.2, -0.15) is 0 Å². The maximum Gasteiger partial charge on any atom is 0.175 e. The molecular formula is C25H17F3O. The molecule has 0 N–H and O–H groups in total. The van der Waals surface area contributed by atoms with E-state index in [-0.39, 0.29) is 23.0 Å². The Morgan fingerprint density at radius 3 is 2.28 bits per heavy atom. The standard InChI is InChI=1S/C25H17F3O/c1-2-3-18-10-11-19(25(28)24(18)27)9-6-16-4-7-17(8-5-16)20-12-13-21(22(26)14-20)23-15-29-23/h2-5,7-8,10-14,23H,15H2,1H3/b3-2+. The molecule has 0 aromatic heterocycles. The molecule has 0 spiro atoms. The van der Waals surface area contributed by atoms with Crippen molar-refractivity contribution in [3.8, 4) is 23.0 Å². The molecule has 1 heterocycles. The molecule has 1 unspecified atom stereocenters. The fourth-order valence-electron chi connectivity index (χ4n) is 3.05. The Hall–Kier alpha value is -3.29. The van der Waals surface area contributed by atoms with Crippen molar-refractivity contribution in [1.29, 1.82) is 0 Å². The first-order chi connectivity index (χ1) is 14.1. The number of rotatable bonds is 3. The Morgan fingerprint density at radius 2 is 1.62 bits per heavy atom. The second-order valence-electron chi connectivity index (χ2n) is 6.72. The molecule has 1 saturated heterocycles. The van der Waals surface area contributed by atoms with Gasteiger partial charge in [-0.3, -0.25) is 0 Å². The van der Waals surface area contributed by atoms with Crippen molar-refractivity contribution >= 4 is 6.08 Å². The Kier molecular flexibility index (Phi) is 5.24. The van der Waals surface area contributed by atoms with E-state index >= 15 is 0 Å². The van der Waals surface area contributed by atoms with Crippen LogP contribution in [0, 0.1) is 29.3 Å². The lowest BCUT2D eigenvalue weighted by molar-refractivity contribution is 0.408. The summed E-state index contributed by atoms with van der Waals surface area (Å²) in [4.78, 5) is 0. The van der Waals surface area contributed by atoms with Crippen molar-refractivity contribution in [3.63, 3.8) is 0 Å². The summed E-state index contributed by atoms with van der Waals surface area (Å²) in [6.45, 7) is 2.30. The van der Waals surface area contributed by atoms with Crippen molar-refractivity contribution < 1.29 is 17.9 Å². The average Bonchev–Trinajstić information content (AvgIpc) is 3.56. The van der Waals surface area contributed by atoms with Crippen LogP contribution in [0.25, 0.3) is 17.2 Å². The Bertz CT molecular complexity index is 1150. The van der Waals surface area contributed by atoms with Gasteiger partial charge in [-0.15, -0.1) is 0 Å². The second kappa shape index (κ2) is 7.98. The molecular weight excluding hydrogens is 373 g/mol. The second-order valence-corrected chi connectivity index (χ2v) is 6.72. The lowest BCUT2D eigenvalue weighted by Crippen LogP contribution is -1.93. The Morgan fingerprint density at radius 1 is 0.897 bits per heavy atom. The summed E-state index contributed by atoms with van der Waals surface area (Å²) < 4.78 is 47.5. The van der Waals surface area contributed by atoms with Gasteiger partial charge in [0.25, 0.3) is 0 Å². The third-order valence-corrected chi connectivity index (χ3v) is 4.70. The lowest BCUT2D eigenvalue weighted by atomic mass is 10.0. The fraction of sp³-hybridized carbons (Fsp3) is 0.120. The number of hydrogen-bond acceptors (Lipinski definition) is 1. The van der Waals surface area contributed by atoms with Gasteiger partial charge in [-0.25, -0.2) is 13.2 Å². The van der Waals surface area contributed by atoms with E-state index in [1.807, 2.05) is 18.2 Å². The van der Waals surface area contributed by atoms with E-state index in [2.05, 4.69) is 11.8 Å². The van der Waals surface area contributed by atoms with Gasteiger partial charge in [0, 0.05) is 16.7 Å². The molecule has 144 valence electrons. The highest BCUT2D eigenvalue weighted by molar-refractivity contribution is 5.65. The van der Waals surface area contributed by atoms with Crippen molar-refractivity contribution in [1.82, 2.24) is 0 Å².